The minimum Gasteiger partial charge on any atom is -0.503 e. The van der Waals surface area contributed by atoms with Crippen LogP contribution in [0.15, 0.2) is 70.8 Å². The molecule has 0 saturated heterocycles. The summed E-state index contributed by atoms with van der Waals surface area (Å²) in [5, 5.41) is 14.8. The van der Waals surface area contributed by atoms with Gasteiger partial charge in [0.25, 0.3) is 5.91 Å². The van der Waals surface area contributed by atoms with Gasteiger partial charge in [0.15, 0.2) is 11.5 Å². The van der Waals surface area contributed by atoms with Gasteiger partial charge in [0.2, 0.25) is 5.88 Å². The number of carbonyl (C=O) groups is 2. The summed E-state index contributed by atoms with van der Waals surface area (Å²) in [5.41, 5.74) is 3.31. The Bertz CT molecular complexity index is 1170. The molecule has 0 radical (unpaired) electrons. The summed E-state index contributed by atoms with van der Waals surface area (Å²) in [6.45, 7) is 5.71. The van der Waals surface area contributed by atoms with Crippen LogP contribution in [0.25, 0.3) is 11.1 Å². The van der Waals surface area contributed by atoms with E-state index in [1.807, 2.05) is 42.6 Å². The quantitative estimate of drug-likeness (QED) is 0.528. The number of carbonyl (C=O) groups excluding carboxylic acids is 2. The summed E-state index contributed by atoms with van der Waals surface area (Å²) in [6.07, 6.45) is 1.60. The highest BCUT2D eigenvalue weighted by Gasteiger charge is 2.46. The van der Waals surface area contributed by atoms with Crippen molar-refractivity contribution in [1.82, 2.24) is 4.98 Å². The number of benzene rings is 1. The number of aliphatic hydroxyl groups is 1. The van der Waals surface area contributed by atoms with Gasteiger partial charge < -0.3 is 9.84 Å². The van der Waals surface area contributed by atoms with Crippen LogP contribution in [0.5, 0.6) is 5.88 Å². The lowest BCUT2D eigenvalue weighted by molar-refractivity contribution is -0.119. The smallest absolute Gasteiger partial charge is 0.294 e. The number of ketones is 1. The van der Waals surface area contributed by atoms with Crippen LogP contribution in [-0.2, 0) is 9.59 Å². The number of aromatic nitrogens is 1. The number of nitrogens with zero attached hydrogens (tertiary/aromatic N) is 2. The van der Waals surface area contributed by atoms with Crippen LogP contribution in [-0.4, -0.2) is 28.4 Å². The largest absolute Gasteiger partial charge is 0.503 e. The van der Waals surface area contributed by atoms with Crippen LogP contribution in [0.2, 0.25) is 0 Å². The zero-order chi connectivity index (χ0) is 22.8. The molecule has 0 bridgehead atoms. The molecule has 32 heavy (non-hydrogen) atoms. The minimum atomic E-state index is -0.834. The Morgan fingerprint density at radius 3 is 2.56 bits per heavy atom. The monoisotopic (exact) mass is 448 g/mol. The maximum Gasteiger partial charge on any atom is 0.294 e. The number of ether oxygens (including phenoxy) is 1. The molecule has 0 saturated carbocycles. The SMILES string of the molecule is CCOc1ncccc1C1C(C(=O)C(C)C)=C(O)C(=O)N1c1ccc(-c2ccsc2)cc1. The van der Waals surface area contributed by atoms with Crippen molar-refractivity contribution in [2.24, 2.45) is 5.92 Å². The van der Waals surface area contributed by atoms with Crippen molar-refractivity contribution < 1.29 is 19.4 Å². The zero-order valence-electron chi connectivity index (χ0n) is 18.1. The van der Waals surface area contributed by atoms with E-state index in [0.717, 1.165) is 11.1 Å². The van der Waals surface area contributed by atoms with Gasteiger partial charge >= 0.3 is 0 Å². The van der Waals surface area contributed by atoms with E-state index in [9.17, 15) is 14.7 Å². The molecule has 7 heteroatoms. The minimum absolute atomic E-state index is 0.0702. The number of anilines is 1. The molecule has 0 spiro atoms. The van der Waals surface area contributed by atoms with Crippen molar-refractivity contribution in [3.8, 4) is 17.0 Å². The number of Topliss-reactive ketones (excluding diaryl/α,β-unsaturated/α-hetero) is 1. The molecule has 0 fully saturated rings. The first-order chi connectivity index (χ1) is 15.4. The highest BCUT2D eigenvalue weighted by Crippen LogP contribution is 2.44. The summed E-state index contributed by atoms with van der Waals surface area (Å²) in [7, 11) is 0. The molecule has 1 aliphatic heterocycles. The number of rotatable bonds is 7. The number of amides is 1. The average molecular weight is 449 g/mol. The maximum absolute atomic E-state index is 13.2. The third kappa shape index (κ3) is 3.80. The lowest BCUT2D eigenvalue weighted by Gasteiger charge is -2.28. The zero-order valence-corrected chi connectivity index (χ0v) is 18.9. The summed E-state index contributed by atoms with van der Waals surface area (Å²) in [5.74, 6) is -1.49. The summed E-state index contributed by atoms with van der Waals surface area (Å²) >= 11 is 1.61. The van der Waals surface area contributed by atoms with Crippen molar-refractivity contribution in [1.29, 1.82) is 0 Å². The fourth-order valence-corrected chi connectivity index (χ4v) is 4.51. The molecule has 6 nitrogen and oxygen atoms in total. The predicted molar refractivity (Wildman–Crippen MR) is 125 cm³/mol. The molecule has 3 aromatic rings. The Morgan fingerprint density at radius 1 is 1.19 bits per heavy atom. The van der Waals surface area contributed by atoms with Crippen molar-refractivity contribution in [2.45, 2.75) is 26.8 Å². The fraction of sp³-hybridized carbons (Fsp3) is 0.240. The number of hydrogen-bond acceptors (Lipinski definition) is 6. The first kappa shape index (κ1) is 21.8. The van der Waals surface area contributed by atoms with Gasteiger partial charge in [-0.1, -0.05) is 26.0 Å². The van der Waals surface area contributed by atoms with Crippen LogP contribution >= 0.6 is 11.3 Å². The van der Waals surface area contributed by atoms with E-state index < -0.39 is 23.6 Å². The predicted octanol–water partition coefficient (Wildman–Crippen LogP) is 5.33. The maximum atomic E-state index is 13.2. The standard InChI is InChI=1S/C25H24N2O4S/c1-4-31-24-19(6-5-12-26-24)21-20(22(28)15(2)3)23(29)25(30)27(21)18-9-7-16(8-10-18)17-11-13-32-14-17/h5-15,21,29H,4H2,1-3H3. The van der Waals surface area contributed by atoms with Crippen molar-refractivity contribution >= 4 is 28.7 Å². The molecular formula is C25H24N2O4S. The van der Waals surface area contributed by atoms with E-state index in [-0.39, 0.29) is 11.4 Å². The second kappa shape index (κ2) is 8.96. The number of pyridine rings is 1. The molecule has 1 atom stereocenters. The molecule has 1 aromatic carbocycles. The first-order valence-electron chi connectivity index (χ1n) is 10.4. The average Bonchev–Trinajstić information content (AvgIpc) is 3.42. The van der Waals surface area contributed by atoms with Crippen molar-refractivity contribution in [3.63, 3.8) is 0 Å². The van der Waals surface area contributed by atoms with Gasteiger partial charge in [0, 0.05) is 23.4 Å². The second-order valence-corrected chi connectivity index (χ2v) is 8.53. The highest BCUT2D eigenvalue weighted by atomic mass is 32.1. The number of hydrogen-bond donors (Lipinski definition) is 1. The van der Waals surface area contributed by atoms with Crippen LogP contribution < -0.4 is 9.64 Å². The Hall–Kier alpha value is -3.45. The third-order valence-corrected chi connectivity index (χ3v) is 6.06. The van der Waals surface area contributed by atoms with Gasteiger partial charge in [0.1, 0.15) is 6.04 Å². The fourth-order valence-electron chi connectivity index (χ4n) is 3.84. The van der Waals surface area contributed by atoms with E-state index in [1.54, 1.807) is 43.5 Å². The lowest BCUT2D eigenvalue weighted by Crippen LogP contribution is -2.31. The number of thiophene rings is 1. The van der Waals surface area contributed by atoms with Crippen LogP contribution in [0.3, 0.4) is 0 Å². The van der Waals surface area contributed by atoms with E-state index in [2.05, 4.69) is 10.4 Å². The molecule has 1 aliphatic rings. The van der Waals surface area contributed by atoms with Crippen molar-refractivity contribution in [2.75, 3.05) is 11.5 Å². The van der Waals surface area contributed by atoms with Crippen LogP contribution in [0, 0.1) is 5.92 Å². The molecular weight excluding hydrogens is 424 g/mol. The van der Waals surface area contributed by atoms with E-state index >= 15 is 0 Å². The van der Waals surface area contributed by atoms with Gasteiger partial charge in [-0.05, 0) is 59.1 Å². The van der Waals surface area contributed by atoms with E-state index in [4.69, 9.17) is 4.74 Å². The van der Waals surface area contributed by atoms with E-state index in [0.29, 0.717) is 23.7 Å². The topological polar surface area (TPSA) is 79.7 Å². The molecule has 4 rings (SSSR count). The Kier molecular flexibility index (Phi) is 6.10. The molecule has 1 N–H and O–H groups in total. The molecule has 0 aliphatic carbocycles. The molecule has 3 heterocycles. The Labute approximate surface area is 190 Å². The summed E-state index contributed by atoms with van der Waals surface area (Å²) < 4.78 is 5.70. The van der Waals surface area contributed by atoms with E-state index in [1.165, 1.54) is 4.90 Å². The molecule has 2 aromatic heterocycles. The van der Waals surface area contributed by atoms with Crippen molar-refractivity contribution in [3.05, 3.63) is 76.3 Å². The molecule has 164 valence electrons. The lowest BCUT2D eigenvalue weighted by atomic mass is 9.91. The van der Waals surface area contributed by atoms with Crippen LogP contribution in [0.4, 0.5) is 5.69 Å². The van der Waals surface area contributed by atoms with Gasteiger partial charge in [-0.3, -0.25) is 14.5 Å². The Balaban J connectivity index is 1.84. The van der Waals surface area contributed by atoms with Gasteiger partial charge in [-0.25, -0.2) is 4.98 Å². The number of aliphatic hydroxyl groups excluding tert-OH is 1. The normalized spacial score (nSPS) is 16.2. The third-order valence-electron chi connectivity index (χ3n) is 5.37. The van der Waals surface area contributed by atoms with Gasteiger partial charge in [-0.15, -0.1) is 0 Å². The van der Waals surface area contributed by atoms with Gasteiger partial charge in [-0.2, -0.15) is 11.3 Å². The highest BCUT2D eigenvalue weighted by molar-refractivity contribution is 7.08. The summed E-state index contributed by atoms with van der Waals surface area (Å²) in [6, 6.07) is 12.2. The molecule has 1 amide bonds. The van der Waals surface area contributed by atoms with Crippen LogP contribution in [0.1, 0.15) is 32.4 Å². The Morgan fingerprint density at radius 2 is 1.94 bits per heavy atom. The second-order valence-electron chi connectivity index (χ2n) is 7.75. The molecule has 1 unspecified atom stereocenters. The first-order valence-corrected chi connectivity index (χ1v) is 11.4. The summed E-state index contributed by atoms with van der Waals surface area (Å²) in [4.78, 5) is 32.0. The van der Waals surface area contributed by atoms with Gasteiger partial charge in [0.05, 0.1) is 12.2 Å².